The van der Waals surface area contributed by atoms with E-state index >= 15 is 0 Å². The second kappa shape index (κ2) is 8.32. The minimum atomic E-state index is -0.438. The molecule has 0 saturated carbocycles. The molecule has 0 fully saturated rings. The van der Waals surface area contributed by atoms with Crippen LogP contribution in [-0.2, 0) is 0 Å². The van der Waals surface area contributed by atoms with Gasteiger partial charge in [-0.15, -0.1) is 5.10 Å². The van der Waals surface area contributed by atoms with Crippen LogP contribution in [0.5, 0.6) is 0 Å². The Morgan fingerprint density at radius 2 is 1.71 bits per heavy atom. The molecular formula is C24H20ClFN4O. The summed E-state index contributed by atoms with van der Waals surface area (Å²) < 4.78 is 15.0. The van der Waals surface area contributed by atoms with Gasteiger partial charge in [0.1, 0.15) is 5.82 Å². The second-order valence-electron chi connectivity index (χ2n) is 7.38. The molecule has 0 atom stereocenters. The first-order chi connectivity index (χ1) is 14.8. The average Bonchev–Trinajstić information content (AvgIpc) is 3.18. The number of halogens is 2. The molecule has 0 spiro atoms. The van der Waals surface area contributed by atoms with Crippen LogP contribution in [0.2, 0.25) is 5.02 Å². The molecule has 0 aliphatic heterocycles. The van der Waals surface area contributed by atoms with Gasteiger partial charge in [-0.1, -0.05) is 35.4 Å². The van der Waals surface area contributed by atoms with Crippen molar-refractivity contribution < 1.29 is 9.18 Å². The SMILES string of the molecule is Cc1ccc(NC(=O)c2nc(-c3ccc(F)cc3)n(-c3ccc(C)c(Cl)c3)n2)c(C)c1. The van der Waals surface area contributed by atoms with E-state index in [1.165, 1.54) is 16.8 Å². The first-order valence-corrected chi connectivity index (χ1v) is 10.1. The van der Waals surface area contributed by atoms with Gasteiger partial charge in [0.05, 0.1) is 5.69 Å². The van der Waals surface area contributed by atoms with Crippen LogP contribution in [0.3, 0.4) is 0 Å². The molecule has 3 aromatic carbocycles. The molecule has 1 N–H and O–H groups in total. The van der Waals surface area contributed by atoms with E-state index < -0.39 is 5.91 Å². The van der Waals surface area contributed by atoms with E-state index in [-0.39, 0.29) is 11.6 Å². The van der Waals surface area contributed by atoms with E-state index in [0.717, 1.165) is 16.7 Å². The Bertz CT molecular complexity index is 1280. The van der Waals surface area contributed by atoms with Crippen molar-refractivity contribution in [3.05, 3.63) is 94.0 Å². The van der Waals surface area contributed by atoms with Gasteiger partial charge in [-0.2, -0.15) is 0 Å². The van der Waals surface area contributed by atoms with Crippen LogP contribution in [0.15, 0.2) is 60.7 Å². The number of amides is 1. The molecule has 4 aromatic rings. The number of carbonyl (C=O) groups is 1. The Kier molecular flexibility index (Phi) is 5.57. The number of nitrogens with zero attached hydrogens (tertiary/aromatic N) is 3. The third-order valence-corrected chi connectivity index (χ3v) is 5.35. The molecule has 7 heteroatoms. The minimum absolute atomic E-state index is 0.00371. The summed E-state index contributed by atoms with van der Waals surface area (Å²) in [6.45, 7) is 5.81. The highest BCUT2D eigenvalue weighted by molar-refractivity contribution is 6.31. The van der Waals surface area contributed by atoms with Gasteiger partial charge in [-0.25, -0.2) is 14.1 Å². The van der Waals surface area contributed by atoms with Gasteiger partial charge in [0, 0.05) is 16.3 Å². The summed E-state index contributed by atoms with van der Waals surface area (Å²) in [7, 11) is 0. The van der Waals surface area contributed by atoms with Crippen LogP contribution in [0.4, 0.5) is 10.1 Å². The fraction of sp³-hybridized carbons (Fsp3) is 0.125. The van der Waals surface area contributed by atoms with E-state index in [1.807, 2.05) is 51.1 Å². The minimum Gasteiger partial charge on any atom is -0.319 e. The zero-order valence-corrected chi connectivity index (χ0v) is 18.0. The number of aromatic nitrogens is 3. The third-order valence-electron chi connectivity index (χ3n) is 4.94. The molecule has 0 aliphatic rings. The topological polar surface area (TPSA) is 59.8 Å². The maximum atomic E-state index is 13.4. The van der Waals surface area contributed by atoms with Crippen molar-refractivity contribution in [3.8, 4) is 17.1 Å². The molecule has 1 heterocycles. The second-order valence-corrected chi connectivity index (χ2v) is 7.79. The van der Waals surface area contributed by atoms with E-state index in [1.54, 1.807) is 18.2 Å². The predicted octanol–water partition coefficient (Wildman–Crippen LogP) is 5.90. The summed E-state index contributed by atoms with van der Waals surface area (Å²) in [6.07, 6.45) is 0. The fourth-order valence-electron chi connectivity index (χ4n) is 3.22. The lowest BCUT2D eigenvalue weighted by Crippen LogP contribution is -2.15. The van der Waals surface area contributed by atoms with Gasteiger partial charge >= 0.3 is 0 Å². The zero-order valence-electron chi connectivity index (χ0n) is 17.3. The highest BCUT2D eigenvalue weighted by Crippen LogP contribution is 2.25. The van der Waals surface area contributed by atoms with Crippen LogP contribution in [0.25, 0.3) is 17.1 Å². The number of carbonyl (C=O) groups excluding carboxylic acids is 1. The lowest BCUT2D eigenvalue weighted by atomic mass is 10.1. The lowest BCUT2D eigenvalue weighted by Gasteiger charge is -2.08. The summed E-state index contributed by atoms with van der Waals surface area (Å²) in [4.78, 5) is 17.4. The maximum absolute atomic E-state index is 13.4. The van der Waals surface area contributed by atoms with E-state index in [0.29, 0.717) is 27.8 Å². The Hall–Kier alpha value is -3.51. The molecule has 1 amide bonds. The highest BCUT2D eigenvalue weighted by atomic mass is 35.5. The van der Waals surface area contributed by atoms with Crippen molar-refractivity contribution in [2.75, 3.05) is 5.32 Å². The molecule has 0 unspecified atom stereocenters. The van der Waals surface area contributed by atoms with Gasteiger partial charge in [-0.05, 0) is 74.4 Å². The molecule has 156 valence electrons. The van der Waals surface area contributed by atoms with Crippen molar-refractivity contribution in [2.45, 2.75) is 20.8 Å². The quantitative estimate of drug-likeness (QED) is 0.434. The van der Waals surface area contributed by atoms with Crippen LogP contribution in [0, 0.1) is 26.6 Å². The van der Waals surface area contributed by atoms with Crippen LogP contribution in [0.1, 0.15) is 27.3 Å². The lowest BCUT2D eigenvalue weighted by molar-refractivity contribution is 0.101. The van der Waals surface area contributed by atoms with Crippen LogP contribution < -0.4 is 5.32 Å². The largest absolute Gasteiger partial charge is 0.319 e. The molecule has 1 aromatic heterocycles. The molecule has 0 aliphatic carbocycles. The molecule has 4 rings (SSSR count). The smallest absolute Gasteiger partial charge is 0.295 e. The number of benzene rings is 3. The Labute approximate surface area is 184 Å². The zero-order chi connectivity index (χ0) is 22.1. The van der Waals surface area contributed by atoms with Crippen molar-refractivity contribution >= 4 is 23.2 Å². The fourth-order valence-corrected chi connectivity index (χ4v) is 3.39. The normalized spacial score (nSPS) is 10.9. The summed E-state index contributed by atoms with van der Waals surface area (Å²) in [5.41, 5.74) is 4.92. The van der Waals surface area contributed by atoms with Crippen molar-refractivity contribution in [3.63, 3.8) is 0 Å². The van der Waals surface area contributed by atoms with Crippen molar-refractivity contribution in [1.29, 1.82) is 0 Å². The maximum Gasteiger partial charge on any atom is 0.295 e. The summed E-state index contributed by atoms with van der Waals surface area (Å²) in [5.74, 6) is -0.394. The number of rotatable bonds is 4. The van der Waals surface area contributed by atoms with E-state index in [4.69, 9.17) is 11.6 Å². The van der Waals surface area contributed by atoms with Crippen molar-refractivity contribution in [1.82, 2.24) is 14.8 Å². The number of aryl methyl sites for hydroxylation is 3. The van der Waals surface area contributed by atoms with Gasteiger partial charge in [0.15, 0.2) is 5.82 Å². The molecule has 31 heavy (non-hydrogen) atoms. The molecule has 5 nitrogen and oxygen atoms in total. The Balaban J connectivity index is 1.77. The van der Waals surface area contributed by atoms with E-state index in [9.17, 15) is 9.18 Å². The number of nitrogens with one attached hydrogen (secondary N) is 1. The summed E-state index contributed by atoms with van der Waals surface area (Å²) in [5, 5.41) is 7.87. The first kappa shape index (κ1) is 20.8. The van der Waals surface area contributed by atoms with Crippen LogP contribution >= 0.6 is 11.6 Å². The first-order valence-electron chi connectivity index (χ1n) is 9.70. The van der Waals surface area contributed by atoms with Gasteiger partial charge in [0.25, 0.3) is 5.91 Å². The Morgan fingerprint density at radius 1 is 0.968 bits per heavy atom. The number of hydrogen-bond donors (Lipinski definition) is 1. The highest BCUT2D eigenvalue weighted by Gasteiger charge is 2.20. The molecule has 0 saturated heterocycles. The predicted molar refractivity (Wildman–Crippen MR) is 120 cm³/mol. The van der Waals surface area contributed by atoms with E-state index in [2.05, 4.69) is 15.4 Å². The van der Waals surface area contributed by atoms with Gasteiger partial charge in [0.2, 0.25) is 5.82 Å². The number of hydrogen-bond acceptors (Lipinski definition) is 3. The summed E-state index contributed by atoms with van der Waals surface area (Å²) in [6, 6.07) is 17.1. The van der Waals surface area contributed by atoms with Crippen LogP contribution in [-0.4, -0.2) is 20.7 Å². The van der Waals surface area contributed by atoms with Gasteiger partial charge < -0.3 is 5.32 Å². The number of anilines is 1. The summed E-state index contributed by atoms with van der Waals surface area (Å²) >= 11 is 6.30. The van der Waals surface area contributed by atoms with Crippen molar-refractivity contribution in [2.24, 2.45) is 0 Å². The molecule has 0 radical (unpaired) electrons. The standard InChI is InChI=1S/C24H20ClFN4O/c1-14-4-11-21(16(3)12-14)27-24(31)22-28-23(17-6-8-18(26)9-7-17)30(29-22)19-10-5-15(2)20(25)13-19/h4-13H,1-3H3,(H,27,31). The molecule has 0 bridgehead atoms. The third kappa shape index (κ3) is 4.34. The molecular weight excluding hydrogens is 415 g/mol. The van der Waals surface area contributed by atoms with Gasteiger partial charge in [-0.3, -0.25) is 4.79 Å². The average molecular weight is 435 g/mol. The Morgan fingerprint density at radius 3 is 2.39 bits per heavy atom. The monoisotopic (exact) mass is 434 g/mol.